The van der Waals surface area contributed by atoms with Crippen LogP contribution in [0, 0.1) is 11.8 Å². The maximum atomic E-state index is 13.6. The third-order valence-corrected chi connectivity index (χ3v) is 7.85. The fourth-order valence-electron chi connectivity index (χ4n) is 5.07. The second-order valence-electron chi connectivity index (χ2n) is 9.36. The Morgan fingerprint density at radius 3 is 2.76 bits per heavy atom. The number of thiocarbonyl (C=S) groups is 1. The van der Waals surface area contributed by atoms with Crippen LogP contribution in [-0.4, -0.2) is 56.9 Å². The van der Waals surface area contributed by atoms with E-state index in [0.29, 0.717) is 44.6 Å². The minimum absolute atomic E-state index is 0.0201. The number of aromatic nitrogens is 2. The van der Waals surface area contributed by atoms with Crippen molar-refractivity contribution in [1.82, 2.24) is 14.3 Å². The van der Waals surface area contributed by atoms with Gasteiger partial charge in [-0.05, 0) is 49.3 Å². The van der Waals surface area contributed by atoms with Crippen LogP contribution in [0.25, 0.3) is 11.7 Å². The summed E-state index contributed by atoms with van der Waals surface area (Å²) in [7, 11) is 0. The van der Waals surface area contributed by atoms with Crippen LogP contribution in [0.15, 0.2) is 34.1 Å². The van der Waals surface area contributed by atoms with Crippen LogP contribution in [-0.2, 0) is 9.53 Å². The van der Waals surface area contributed by atoms with Gasteiger partial charge in [0.15, 0.2) is 0 Å². The van der Waals surface area contributed by atoms with E-state index in [2.05, 4.69) is 18.7 Å². The van der Waals surface area contributed by atoms with Gasteiger partial charge in [0.1, 0.15) is 15.8 Å². The molecule has 2 aromatic heterocycles. The van der Waals surface area contributed by atoms with Crippen molar-refractivity contribution >= 4 is 51.7 Å². The highest BCUT2D eigenvalue weighted by Crippen LogP contribution is 2.35. The molecule has 0 aromatic carbocycles. The molecular weight excluding hydrogens is 456 g/mol. The van der Waals surface area contributed by atoms with Crippen molar-refractivity contribution in [2.24, 2.45) is 11.8 Å². The van der Waals surface area contributed by atoms with E-state index < -0.39 is 0 Å². The monoisotopic (exact) mass is 484 g/mol. The van der Waals surface area contributed by atoms with Gasteiger partial charge < -0.3 is 9.64 Å². The van der Waals surface area contributed by atoms with E-state index in [9.17, 15) is 9.59 Å². The van der Waals surface area contributed by atoms with Gasteiger partial charge in [-0.3, -0.25) is 18.9 Å². The summed E-state index contributed by atoms with van der Waals surface area (Å²) in [4.78, 5) is 35.9. The van der Waals surface area contributed by atoms with Gasteiger partial charge in [0.2, 0.25) is 0 Å². The van der Waals surface area contributed by atoms with Crippen molar-refractivity contribution in [3.05, 3.63) is 45.2 Å². The molecular formula is C24H28N4O3S2. The maximum absolute atomic E-state index is 13.6. The summed E-state index contributed by atoms with van der Waals surface area (Å²) in [6, 6.07) is 5.53. The molecule has 3 atom stereocenters. The van der Waals surface area contributed by atoms with Gasteiger partial charge in [0, 0.05) is 25.9 Å². The maximum Gasteiger partial charge on any atom is 0.267 e. The highest BCUT2D eigenvalue weighted by molar-refractivity contribution is 8.26. The normalized spacial score (nSPS) is 27.3. The Hall–Kier alpha value is -2.23. The van der Waals surface area contributed by atoms with Crippen LogP contribution in [0.2, 0.25) is 0 Å². The first-order valence-electron chi connectivity index (χ1n) is 11.5. The zero-order valence-corrected chi connectivity index (χ0v) is 20.5. The lowest BCUT2D eigenvalue weighted by atomic mass is 9.91. The lowest BCUT2D eigenvalue weighted by Gasteiger charge is -2.36. The molecule has 3 aliphatic rings. The average Bonchev–Trinajstić information content (AvgIpc) is 3.39. The third-order valence-electron chi connectivity index (χ3n) is 6.48. The first-order valence-corrected chi connectivity index (χ1v) is 12.8. The second kappa shape index (κ2) is 9.19. The Morgan fingerprint density at radius 1 is 1.24 bits per heavy atom. The minimum atomic E-state index is -0.175. The number of hydrogen-bond acceptors (Lipinski definition) is 7. The molecule has 3 unspecified atom stereocenters. The number of carbonyl (C=O) groups is 1. The quantitative estimate of drug-likeness (QED) is 0.486. The summed E-state index contributed by atoms with van der Waals surface area (Å²) in [5, 5.41) is 0. The van der Waals surface area contributed by atoms with E-state index >= 15 is 0 Å². The van der Waals surface area contributed by atoms with Gasteiger partial charge in [-0.1, -0.05) is 43.9 Å². The Morgan fingerprint density at radius 2 is 2.03 bits per heavy atom. The van der Waals surface area contributed by atoms with Crippen molar-refractivity contribution < 1.29 is 9.53 Å². The van der Waals surface area contributed by atoms with Crippen LogP contribution in [0.3, 0.4) is 0 Å². The molecule has 3 fully saturated rings. The first kappa shape index (κ1) is 22.6. The van der Waals surface area contributed by atoms with E-state index in [1.54, 1.807) is 21.6 Å². The molecule has 0 aliphatic carbocycles. The van der Waals surface area contributed by atoms with Crippen LogP contribution < -0.4 is 10.5 Å². The highest BCUT2D eigenvalue weighted by atomic mass is 32.2. The molecule has 174 valence electrons. The number of hydrogen-bond donors (Lipinski definition) is 0. The van der Waals surface area contributed by atoms with Gasteiger partial charge in [0.25, 0.3) is 11.5 Å². The van der Waals surface area contributed by atoms with Crippen LogP contribution in [0.5, 0.6) is 0 Å². The molecule has 0 spiro atoms. The van der Waals surface area contributed by atoms with Gasteiger partial charge in [-0.2, -0.15) is 0 Å². The lowest BCUT2D eigenvalue weighted by Crippen LogP contribution is -2.40. The first-order chi connectivity index (χ1) is 15.9. The molecule has 5 rings (SSSR count). The molecule has 0 bridgehead atoms. The average molecular weight is 485 g/mol. The van der Waals surface area contributed by atoms with Gasteiger partial charge in [-0.25, -0.2) is 4.98 Å². The number of carbonyl (C=O) groups excluding carboxylic acids is 1. The number of rotatable bonds is 4. The summed E-state index contributed by atoms with van der Waals surface area (Å²) in [6.07, 6.45) is 6.53. The van der Waals surface area contributed by atoms with E-state index in [-0.39, 0.29) is 17.6 Å². The van der Waals surface area contributed by atoms with Crippen molar-refractivity contribution in [3.63, 3.8) is 0 Å². The summed E-state index contributed by atoms with van der Waals surface area (Å²) in [5.74, 6) is 1.49. The largest absolute Gasteiger partial charge is 0.376 e. The number of fused-ring (bicyclic) bond motifs is 1. The predicted molar refractivity (Wildman–Crippen MR) is 135 cm³/mol. The van der Waals surface area contributed by atoms with Crippen molar-refractivity contribution in [2.75, 3.05) is 31.1 Å². The number of thioether (sulfide) groups is 1. The number of nitrogens with zero attached hydrogens (tertiary/aromatic N) is 4. The van der Waals surface area contributed by atoms with Gasteiger partial charge >= 0.3 is 0 Å². The molecule has 1 amide bonds. The van der Waals surface area contributed by atoms with Crippen molar-refractivity contribution in [1.29, 1.82) is 0 Å². The molecule has 3 aliphatic heterocycles. The van der Waals surface area contributed by atoms with E-state index in [4.69, 9.17) is 21.9 Å². The van der Waals surface area contributed by atoms with Crippen molar-refractivity contribution in [3.8, 4) is 0 Å². The van der Waals surface area contributed by atoms with Gasteiger partial charge in [-0.15, -0.1) is 0 Å². The van der Waals surface area contributed by atoms with Gasteiger partial charge in [0.05, 0.1) is 23.1 Å². The van der Waals surface area contributed by atoms with E-state index in [1.807, 2.05) is 18.2 Å². The van der Waals surface area contributed by atoms with E-state index in [1.165, 1.54) is 11.8 Å². The predicted octanol–water partition coefficient (Wildman–Crippen LogP) is 3.56. The van der Waals surface area contributed by atoms with Crippen LogP contribution >= 0.6 is 24.0 Å². The zero-order valence-electron chi connectivity index (χ0n) is 18.9. The number of anilines is 1. The number of ether oxygens (including phenoxy) is 1. The molecule has 0 N–H and O–H groups in total. The molecule has 9 heteroatoms. The highest BCUT2D eigenvalue weighted by Gasteiger charge is 2.35. The van der Waals surface area contributed by atoms with Crippen LogP contribution in [0.1, 0.15) is 38.7 Å². The molecule has 0 radical (unpaired) electrons. The summed E-state index contributed by atoms with van der Waals surface area (Å²) in [6.45, 7) is 7.32. The fraction of sp³-hybridized carbons (Fsp3) is 0.500. The summed E-state index contributed by atoms with van der Waals surface area (Å²) in [5.41, 5.74) is 0.870. The summed E-state index contributed by atoms with van der Waals surface area (Å²) < 4.78 is 7.75. The Labute approximate surface area is 202 Å². The van der Waals surface area contributed by atoms with Crippen molar-refractivity contribution in [2.45, 2.75) is 39.2 Å². The molecule has 5 heterocycles. The second-order valence-corrected chi connectivity index (χ2v) is 11.0. The molecule has 3 saturated heterocycles. The fourth-order valence-corrected chi connectivity index (χ4v) is 6.33. The standard InChI is InChI=1S/C24H28N4O3S2/c1-15-10-16(2)13-26(12-15)21-18(22(29)27-8-4-3-7-20(27)25-21)11-19-23(30)28(24(32)33-19)14-17-6-5-9-31-17/h3-4,7-8,11,15-17H,5-6,9-10,12-14H2,1-2H3/b19-11-. The Bertz CT molecular complexity index is 1180. The third kappa shape index (κ3) is 4.46. The van der Waals surface area contributed by atoms with E-state index in [0.717, 1.165) is 39.0 Å². The number of pyridine rings is 1. The SMILES string of the molecule is CC1CC(C)CN(c2nc3ccccn3c(=O)c2/C=C2\SC(=S)N(CC3CCCO3)C2=O)C1. The number of piperidine rings is 1. The summed E-state index contributed by atoms with van der Waals surface area (Å²) >= 11 is 6.76. The lowest BCUT2D eigenvalue weighted by molar-refractivity contribution is -0.123. The zero-order chi connectivity index (χ0) is 23.1. The number of amides is 1. The molecule has 7 nitrogen and oxygen atoms in total. The minimum Gasteiger partial charge on any atom is -0.376 e. The Balaban J connectivity index is 1.56. The topological polar surface area (TPSA) is 67.2 Å². The molecule has 2 aromatic rings. The molecule has 0 saturated carbocycles. The van der Waals surface area contributed by atoms with Crippen LogP contribution in [0.4, 0.5) is 5.82 Å². The Kier molecular flexibility index (Phi) is 6.28. The molecule has 33 heavy (non-hydrogen) atoms. The smallest absolute Gasteiger partial charge is 0.267 e.